The number of aromatic nitrogens is 2. The van der Waals surface area contributed by atoms with Gasteiger partial charge in [0.15, 0.2) is 0 Å². The van der Waals surface area contributed by atoms with Crippen LogP contribution < -0.4 is 20.7 Å². The first kappa shape index (κ1) is 25.4. The molecule has 0 spiro atoms. The number of nitrogens with one attached hydrogen (secondary N) is 1. The summed E-state index contributed by atoms with van der Waals surface area (Å²) in [6.07, 6.45) is 14.5. The lowest BCUT2D eigenvalue weighted by Crippen LogP contribution is -2.30. The van der Waals surface area contributed by atoms with E-state index in [4.69, 9.17) is 0 Å². The zero-order valence-electron chi connectivity index (χ0n) is 20.1. The first-order chi connectivity index (χ1) is 16.1. The van der Waals surface area contributed by atoms with Gasteiger partial charge in [0.25, 0.3) is 0 Å². The first-order valence-corrected chi connectivity index (χ1v) is 12.2. The van der Waals surface area contributed by atoms with Gasteiger partial charge in [-0.1, -0.05) is 26.1 Å². The minimum atomic E-state index is 0. The van der Waals surface area contributed by atoms with Crippen LogP contribution in [0.15, 0.2) is 60.9 Å². The van der Waals surface area contributed by atoms with E-state index in [0.29, 0.717) is 0 Å². The van der Waals surface area contributed by atoms with Crippen LogP contribution in [0.4, 0.5) is 11.5 Å². The Morgan fingerprint density at radius 3 is 2.71 bits per heavy atom. The Balaban J connectivity index is 0.00000216. The second kappa shape index (κ2) is 12.3. The first-order valence-electron chi connectivity index (χ1n) is 12.2. The lowest BCUT2D eigenvalue weighted by Gasteiger charge is -2.27. The van der Waals surface area contributed by atoms with Crippen LogP contribution in [0.3, 0.4) is 0 Å². The average Bonchev–Trinajstić information content (AvgIpc) is 3.28. The molecule has 0 radical (unpaired) electrons. The predicted molar refractivity (Wildman–Crippen MR) is 151 cm³/mol. The van der Waals surface area contributed by atoms with Crippen molar-refractivity contribution >= 4 is 29.7 Å². The Morgan fingerprint density at radius 1 is 1.15 bits per heavy atom. The molecule has 34 heavy (non-hydrogen) atoms. The van der Waals surface area contributed by atoms with E-state index in [1.54, 1.807) is 0 Å². The molecule has 1 aliphatic heterocycles. The lowest BCUT2D eigenvalue weighted by atomic mass is 10.1. The largest absolute Gasteiger partial charge is 0.385 e. The van der Waals surface area contributed by atoms with Crippen molar-refractivity contribution in [3.05, 3.63) is 82.6 Å². The number of hydrogen-bond donors (Lipinski definition) is 1. The number of anilines is 2. The molecular formula is C30H42N4. The van der Waals surface area contributed by atoms with Gasteiger partial charge in [-0.2, -0.15) is 0 Å². The molecule has 0 unspecified atom stereocenters. The van der Waals surface area contributed by atoms with Crippen molar-refractivity contribution < 1.29 is 1.43 Å². The Kier molecular flexibility index (Phi) is 9.15. The van der Waals surface area contributed by atoms with Crippen molar-refractivity contribution in [3.63, 3.8) is 0 Å². The van der Waals surface area contributed by atoms with E-state index in [0.717, 1.165) is 54.4 Å². The molecule has 182 valence electrons. The van der Waals surface area contributed by atoms with Gasteiger partial charge in [-0.25, -0.2) is 4.98 Å². The molecule has 0 saturated carbocycles. The number of piperidine rings is 1. The highest BCUT2D eigenvalue weighted by Crippen LogP contribution is 2.19. The minimum Gasteiger partial charge on any atom is -0.385 e. The number of hydrogen-bond acceptors (Lipinski definition) is 3. The van der Waals surface area contributed by atoms with Crippen molar-refractivity contribution in [1.82, 2.24) is 9.55 Å². The summed E-state index contributed by atoms with van der Waals surface area (Å²) < 4.78 is 2.15. The molecule has 3 heterocycles. The normalized spacial score (nSPS) is 14.7. The summed E-state index contributed by atoms with van der Waals surface area (Å²) in [6, 6.07) is 15.1. The van der Waals surface area contributed by atoms with Crippen molar-refractivity contribution in [2.45, 2.75) is 46.5 Å². The van der Waals surface area contributed by atoms with Crippen LogP contribution in [-0.4, -0.2) is 29.2 Å². The van der Waals surface area contributed by atoms with Gasteiger partial charge in [-0.05, 0) is 103 Å². The average molecular weight is 459 g/mol. The van der Waals surface area contributed by atoms with Gasteiger partial charge in [0.2, 0.25) is 0 Å². The summed E-state index contributed by atoms with van der Waals surface area (Å²) in [5, 5.41) is 5.79. The molecule has 4 rings (SSSR count). The van der Waals surface area contributed by atoms with Crippen LogP contribution in [0, 0.1) is 0 Å². The van der Waals surface area contributed by atoms with E-state index in [1.807, 2.05) is 6.20 Å². The van der Waals surface area contributed by atoms with Gasteiger partial charge in [0, 0.05) is 51.9 Å². The Hall–Kier alpha value is -3.27. The fourth-order valence-corrected chi connectivity index (χ4v) is 4.51. The van der Waals surface area contributed by atoms with E-state index < -0.39 is 0 Å². The highest BCUT2D eigenvalue weighted by Gasteiger charge is 2.12. The van der Waals surface area contributed by atoms with Crippen molar-refractivity contribution in [3.8, 4) is 0 Å². The fraction of sp³-hybridized carbons (Fsp3) is 0.367. The number of benzene rings is 1. The van der Waals surface area contributed by atoms with Crippen molar-refractivity contribution in [2.24, 2.45) is 7.05 Å². The molecule has 1 saturated heterocycles. The number of aryl methyl sites for hydroxylation is 2. The van der Waals surface area contributed by atoms with Crippen LogP contribution in [-0.2, 0) is 13.5 Å². The molecule has 1 N–H and O–H groups in total. The molecule has 1 aromatic carbocycles. The van der Waals surface area contributed by atoms with E-state index in [9.17, 15) is 0 Å². The molecule has 0 bridgehead atoms. The number of allylic oxidation sites excluding steroid dienone is 2. The maximum Gasteiger partial charge on any atom is 0.128 e. The Labute approximate surface area is 206 Å². The maximum atomic E-state index is 4.61. The molecule has 1 fully saturated rings. The summed E-state index contributed by atoms with van der Waals surface area (Å²) in [7, 11) is 2.08. The summed E-state index contributed by atoms with van der Waals surface area (Å²) in [5.74, 6) is 1.14. The second-order valence-electron chi connectivity index (χ2n) is 8.91. The van der Waals surface area contributed by atoms with Crippen LogP contribution in [0.5, 0.6) is 0 Å². The maximum absolute atomic E-state index is 4.61. The van der Waals surface area contributed by atoms with Gasteiger partial charge in [0.1, 0.15) is 5.82 Å². The third kappa shape index (κ3) is 6.40. The zero-order chi connectivity index (χ0) is 23.0. The van der Waals surface area contributed by atoms with Crippen LogP contribution >= 0.6 is 0 Å². The van der Waals surface area contributed by atoms with Gasteiger partial charge in [-0.3, -0.25) is 0 Å². The highest BCUT2D eigenvalue weighted by atomic mass is 15.2. The molecule has 4 heteroatoms. The molecule has 2 aromatic heterocycles. The van der Waals surface area contributed by atoms with E-state index >= 15 is 0 Å². The van der Waals surface area contributed by atoms with Crippen LogP contribution in [0.2, 0.25) is 0 Å². The monoisotopic (exact) mass is 458 g/mol. The molecule has 4 nitrogen and oxygen atoms in total. The predicted octanol–water partition coefficient (Wildman–Crippen LogP) is 5.63. The SMILES string of the molecule is C.C=c1ccc(NCCCc2ccnc(N3CCCCC3)c2)c/c1=C/C(=C\C)c1cccn1C.[HH]. The number of rotatable bonds is 8. The fourth-order valence-electron chi connectivity index (χ4n) is 4.51. The Bertz CT molecular complexity index is 1210. The molecular weight excluding hydrogens is 416 g/mol. The van der Waals surface area contributed by atoms with E-state index in [1.165, 1.54) is 36.1 Å². The van der Waals surface area contributed by atoms with Gasteiger partial charge < -0.3 is 14.8 Å². The standard InChI is InChI=1S/C29H36N4.CH4.H2/c1-4-25(28-11-9-17-32(28)3)21-26-22-27(13-12-23(26)2)30-15-8-10-24-14-16-31-29(20-24)33-18-6-5-7-19-33;;/h4,9,11-14,16-17,20-22,30H,2,5-8,10,15,18-19H2,1,3H3;1H4;1H/b25-4+,26-21-;;. The quantitative estimate of drug-likeness (QED) is 0.444. The Morgan fingerprint density at radius 2 is 1.97 bits per heavy atom. The van der Waals surface area contributed by atoms with Crippen molar-refractivity contribution in [2.75, 3.05) is 29.9 Å². The van der Waals surface area contributed by atoms with Crippen LogP contribution in [0.25, 0.3) is 18.2 Å². The lowest BCUT2D eigenvalue weighted by molar-refractivity contribution is 0.573. The van der Waals surface area contributed by atoms with E-state index in [2.05, 4.69) is 101 Å². The molecule has 1 aliphatic rings. The molecule has 0 aliphatic carbocycles. The number of nitrogens with zero attached hydrogens (tertiary/aromatic N) is 3. The summed E-state index contributed by atoms with van der Waals surface area (Å²) in [6.45, 7) is 9.53. The van der Waals surface area contributed by atoms with Gasteiger partial charge >= 0.3 is 0 Å². The van der Waals surface area contributed by atoms with Gasteiger partial charge in [0.05, 0.1) is 0 Å². The zero-order valence-corrected chi connectivity index (χ0v) is 20.1. The number of pyridine rings is 1. The third-order valence-electron chi connectivity index (χ3n) is 6.47. The van der Waals surface area contributed by atoms with Crippen molar-refractivity contribution in [1.29, 1.82) is 0 Å². The summed E-state index contributed by atoms with van der Waals surface area (Å²) in [5.41, 5.74) is 4.91. The van der Waals surface area contributed by atoms with Gasteiger partial charge in [-0.15, -0.1) is 0 Å². The summed E-state index contributed by atoms with van der Waals surface area (Å²) >= 11 is 0. The third-order valence-corrected chi connectivity index (χ3v) is 6.47. The molecule has 0 atom stereocenters. The van der Waals surface area contributed by atoms with Crippen LogP contribution in [0.1, 0.15) is 52.7 Å². The topological polar surface area (TPSA) is 33.1 Å². The smallest absolute Gasteiger partial charge is 0.128 e. The molecule has 0 amide bonds. The highest BCUT2D eigenvalue weighted by molar-refractivity contribution is 5.87. The minimum absolute atomic E-state index is 0. The molecule has 3 aromatic rings. The summed E-state index contributed by atoms with van der Waals surface area (Å²) in [4.78, 5) is 7.03. The van der Waals surface area contributed by atoms with E-state index in [-0.39, 0.29) is 8.85 Å². The second-order valence-corrected chi connectivity index (χ2v) is 8.91.